The van der Waals surface area contributed by atoms with Crippen molar-refractivity contribution >= 4 is 12.1 Å². The summed E-state index contributed by atoms with van der Waals surface area (Å²) in [6.07, 6.45) is -1.01. The average molecular weight is 483 g/mol. The molecule has 35 heavy (non-hydrogen) atoms. The Balaban J connectivity index is 1.47. The highest BCUT2D eigenvalue weighted by Crippen LogP contribution is 2.32. The van der Waals surface area contributed by atoms with E-state index in [1.165, 1.54) is 17.0 Å². The van der Waals surface area contributed by atoms with Crippen molar-refractivity contribution in [2.24, 2.45) is 0 Å². The van der Waals surface area contributed by atoms with E-state index in [0.717, 1.165) is 5.56 Å². The number of likely N-dealkylation sites (tertiary alicyclic amines) is 1. The Hall–Kier alpha value is -3.88. The fraction of sp³-hybridized carbons (Fsp3) is 0.346. The van der Waals surface area contributed by atoms with Crippen LogP contribution in [0.1, 0.15) is 43.7 Å². The lowest BCUT2D eigenvalue weighted by Crippen LogP contribution is -2.47. The van der Waals surface area contributed by atoms with E-state index in [2.05, 4.69) is 4.98 Å². The number of carbonyl (C=O) groups excluding carboxylic acids is 1. The lowest BCUT2D eigenvalue weighted by atomic mass is 9.83. The number of hydrogen-bond acceptors (Lipinski definition) is 6. The monoisotopic (exact) mass is 482 g/mol. The standard InChI is InChI=1S/C26H27FN2O6/c1-16-21(28-23(34-16)17-9-11-19(27)12-10-17)15-33-20-7-4-6-18(14-20)26(2,3)24(30)29-13-5-8-22(29)35-25(31)32/h4,6-7,9-12,14,22H,5,8,13,15H2,1-3H3,(H,31,32)/t22-/m1/s1. The number of benzene rings is 2. The van der Waals surface area contributed by atoms with Crippen molar-refractivity contribution < 1.29 is 33.0 Å². The molecular weight excluding hydrogens is 455 g/mol. The van der Waals surface area contributed by atoms with Gasteiger partial charge >= 0.3 is 6.16 Å². The first kappa shape index (κ1) is 24.3. The molecule has 4 rings (SSSR count). The van der Waals surface area contributed by atoms with E-state index in [1.807, 2.05) is 6.07 Å². The third kappa shape index (κ3) is 5.29. The SMILES string of the molecule is Cc1oc(-c2ccc(F)cc2)nc1COc1cccc(C(C)(C)C(=O)N2CCC[C@H]2OC(=O)O)c1. The predicted octanol–water partition coefficient (Wildman–Crippen LogP) is 5.29. The summed E-state index contributed by atoms with van der Waals surface area (Å²) in [6, 6.07) is 13.1. The molecule has 1 saturated heterocycles. The van der Waals surface area contributed by atoms with E-state index in [4.69, 9.17) is 19.0 Å². The van der Waals surface area contributed by atoms with Gasteiger partial charge in [0.2, 0.25) is 11.8 Å². The van der Waals surface area contributed by atoms with Crippen LogP contribution in [0.25, 0.3) is 11.5 Å². The summed E-state index contributed by atoms with van der Waals surface area (Å²) in [7, 11) is 0. The van der Waals surface area contributed by atoms with Gasteiger partial charge in [0.25, 0.3) is 0 Å². The molecule has 3 aromatic rings. The highest BCUT2D eigenvalue weighted by atomic mass is 19.1. The average Bonchev–Trinajstić information content (AvgIpc) is 3.43. The van der Waals surface area contributed by atoms with Gasteiger partial charge in [-0.25, -0.2) is 14.2 Å². The quantitative estimate of drug-likeness (QED) is 0.457. The van der Waals surface area contributed by atoms with Crippen LogP contribution in [0.4, 0.5) is 9.18 Å². The summed E-state index contributed by atoms with van der Waals surface area (Å²) in [6.45, 7) is 5.96. The molecule has 8 nitrogen and oxygen atoms in total. The summed E-state index contributed by atoms with van der Waals surface area (Å²) in [5.41, 5.74) is 1.07. The number of ether oxygens (including phenoxy) is 2. The molecule has 2 heterocycles. The molecule has 1 aliphatic heterocycles. The zero-order chi connectivity index (χ0) is 25.2. The van der Waals surface area contributed by atoms with Crippen LogP contribution in [-0.2, 0) is 21.6 Å². The molecule has 0 aliphatic carbocycles. The number of rotatable bonds is 7. The highest BCUT2D eigenvalue weighted by molar-refractivity contribution is 5.88. The van der Waals surface area contributed by atoms with Gasteiger partial charge in [0.1, 0.15) is 29.6 Å². The molecule has 1 aliphatic rings. The van der Waals surface area contributed by atoms with Gasteiger partial charge in [-0.3, -0.25) is 4.79 Å². The number of amides is 1. The molecule has 2 aromatic carbocycles. The molecule has 0 unspecified atom stereocenters. The first-order chi connectivity index (χ1) is 16.6. The number of oxazole rings is 1. The first-order valence-corrected chi connectivity index (χ1v) is 11.3. The topological polar surface area (TPSA) is 102 Å². The minimum atomic E-state index is -1.39. The van der Waals surface area contributed by atoms with E-state index in [9.17, 15) is 14.0 Å². The van der Waals surface area contributed by atoms with E-state index >= 15 is 0 Å². The number of aryl methyl sites for hydroxylation is 1. The number of aromatic nitrogens is 1. The van der Waals surface area contributed by atoms with Gasteiger partial charge in [0.05, 0.1) is 5.41 Å². The van der Waals surface area contributed by atoms with Crippen LogP contribution in [0, 0.1) is 12.7 Å². The minimum Gasteiger partial charge on any atom is -0.487 e. The molecular formula is C26H27FN2O6. The zero-order valence-corrected chi connectivity index (χ0v) is 19.8. The fourth-order valence-electron chi connectivity index (χ4n) is 4.09. The van der Waals surface area contributed by atoms with Crippen molar-refractivity contribution in [2.45, 2.75) is 51.9 Å². The maximum Gasteiger partial charge on any atom is 0.507 e. The van der Waals surface area contributed by atoms with Gasteiger partial charge in [-0.05, 0) is 69.2 Å². The van der Waals surface area contributed by atoms with Crippen molar-refractivity contribution in [1.29, 1.82) is 0 Å². The van der Waals surface area contributed by atoms with Crippen molar-refractivity contribution in [3.63, 3.8) is 0 Å². The van der Waals surface area contributed by atoms with Crippen LogP contribution in [0.2, 0.25) is 0 Å². The van der Waals surface area contributed by atoms with Crippen molar-refractivity contribution in [2.75, 3.05) is 6.54 Å². The number of carboxylic acid groups (broad SMARTS) is 1. The Bertz CT molecular complexity index is 1220. The summed E-state index contributed by atoms with van der Waals surface area (Å²) in [5, 5.41) is 8.98. The Morgan fingerprint density at radius 2 is 1.97 bits per heavy atom. The van der Waals surface area contributed by atoms with Gasteiger partial charge in [-0.1, -0.05) is 12.1 Å². The molecule has 1 fully saturated rings. The number of hydrogen-bond donors (Lipinski definition) is 1. The van der Waals surface area contributed by atoms with E-state index in [-0.39, 0.29) is 18.3 Å². The second-order valence-corrected chi connectivity index (χ2v) is 8.95. The van der Waals surface area contributed by atoms with E-state index < -0.39 is 17.8 Å². The molecule has 1 aromatic heterocycles. The lowest BCUT2D eigenvalue weighted by molar-refractivity contribution is -0.144. The normalized spacial score (nSPS) is 15.8. The molecule has 0 spiro atoms. The Morgan fingerprint density at radius 1 is 1.23 bits per heavy atom. The van der Waals surface area contributed by atoms with E-state index in [1.54, 1.807) is 51.1 Å². The van der Waals surface area contributed by atoms with Crippen LogP contribution in [0.5, 0.6) is 5.75 Å². The van der Waals surface area contributed by atoms with Gasteiger partial charge in [-0.2, -0.15) is 0 Å². The predicted molar refractivity (Wildman–Crippen MR) is 124 cm³/mol. The maximum atomic E-state index is 13.3. The molecule has 0 bridgehead atoms. The van der Waals surface area contributed by atoms with Crippen molar-refractivity contribution in [3.05, 3.63) is 71.4 Å². The smallest absolute Gasteiger partial charge is 0.487 e. The van der Waals surface area contributed by atoms with Crippen molar-refractivity contribution in [1.82, 2.24) is 9.88 Å². The summed E-state index contributed by atoms with van der Waals surface area (Å²) in [4.78, 5) is 30.3. The molecule has 1 N–H and O–H groups in total. The van der Waals surface area contributed by atoms with Gasteiger partial charge in [0.15, 0.2) is 6.23 Å². The fourth-order valence-corrected chi connectivity index (χ4v) is 4.09. The number of halogens is 1. The van der Waals surface area contributed by atoms with Crippen LogP contribution < -0.4 is 4.74 Å². The largest absolute Gasteiger partial charge is 0.507 e. The summed E-state index contributed by atoms with van der Waals surface area (Å²) >= 11 is 0. The van der Waals surface area contributed by atoms with Gasteiger partial charge in [-0.15, -0.1) is 0 Å². The van der Waals surface area contributed by atoms with Crippen molar-refractivity contribution in [3.8, 4) is 17.2 Å². The Morgan fingerprint density at radius 3 is 2.69 bits per heavy atom. The Kier molecular flexibility index (Phi) is 6.77. The van der Waals surface area contributed by atoms with Gasteiger partial charge < -0.3 is 23.9 Å². The maximum absolute atomic E-state index is 13.3. The molecule has 1 atom stereocenters. The molecule has 1 amide bonds. The molecule has 184 valence electrons. The third-order valence-electron chi connectivity index (χ3n) is 6.15. The minimum absolute atomic E-state index is 0.148. The first-order valence-electron chi connectivity index (χ1n) is 11.3. The summed E-state index contributed by atoms with van der Waals surface area (Å²) < 4.78 is 29.8. The van der Waals surface area contributed by atoms with Gasteiger partial charge in [0, 0.05) is 18.5 Å². The van der Waals surface area contributed by atoms with Crippen LogP contribution in [0.15, 0.2) is 52.9 Å². The Labute approximate surface area is 202 Å². The van der Waals surface area contributed by atoms with Crippen LogP contribution in [-0.4, -0.2) is 39.8 Å². The second kappa shape index (κ2) is 9.77. The lowest BCUT2D eigenvalue weighted by Gasteiger charge is -2.32. The van der Waals surface area contributed by atoms with Crippen LogP contribution >= 0.6 is 0 Å². The second-order valence-electron chi connectivity index (χ2n) is 8.95. The summed E-state index contributed by atoms with van der Waals surface area (Å²) in [5.74, 6) is 0.972. The number of nitrogens with zero attached hydrogens (tertiary/aromatic N) is 2. The van der Waals surface area contributed by atoms with E-state index in [0.29, 0.717) is 48.0 Å². The third-order valence-corrected chi connectivity index (χ3v) is 6.15. The molecule has 0 saturated carbocycles. The molecule has 0 radical (unpaired) electrons. The highest BCUT2D eigenvalue weighted by Gasteiger charge is 2.40. The molecule has 9 heteroatoms. The zero-order valence-electron chi connectivity index (χ0n) is 19.8. The number of carbonyl (C=O) groups is 2. The van der Waals surface area contributed by atoms with Crippen LogP contribution in [0.3, 0.4) is 0 Å².